The van der Waals surface area contributed by atoms with Crippen molar-refractivity contribution < 1.29 is 24.2 Å². The first-order valence-electron chi connectivity index (χ1n) is 20.1. The van der Waals surface area contributed by atoms with Gasteiger partial charge in [0.05, 0.1) is 6.61 Å². The number of esters is 2. The van der Waals surface area contributed by atoms with Crippen molar-refractivity contribution >= 4 is 11.9 Å². The fraction of sp³-hybridized carbons (Fsp3) is 0.644. The summed E-state index contributed by atoms with van der Waals surface area (Å²) in [7, 11) is 0. The molecule has 1 atom stereocenters. The second-order valence-electron chi connectivity index (χ2n) is 13.0. The first-order valence-corrected chi connectivity index (χ1v) is 20.1. The van der Waals surface area contributed by atoms with E-state index in [4.69, 9.17) is 9.47 Å². The molecule has 0 aliphatic carbocycles. The van der Waals surface area contributed by atoms with Crippen molar-refractivity contribution in [2.45, 2.75) is 174 Å². The van der Waals surface area contributed by atoms with Crippen molar-refractivity contribution in [3.8, 4) is 0 Å². The lowest BCUT2D eigenvalue weighted by molar-refractivity contribution is -0.161. The molecule has 0 aromatic carbocycles. The molecule has 50 heavy (non-hydrogen) atoms. The zero-order valence-electron chi connectivity index (χ0n) is 32.1. The summed E-state index contributed by atoms with van der Waals surface area (Å²) in [5.74, 6) is -0.700. The zero-order chi connectivity index (χ0) is 36.4. The van der Waals surface area contributed by atoms with Crippen molar-refractivity contribution in [3.63, 3.8) is 0 Å². The lowest BCUT2D eigenvalue weighted by Crippen LogP contribution is -2.28. The Hall–Kier alpha value is -2.92. The van der Waals surface area contributed by atoms with Crippen LogP contribution in [-0.2, 0) is 19.1 Å². The predicted molar refractivity (Wildman–Crippen MR) is 214 cm³/mol. The van der Waals surface area contributed by atoms with Crippen LogP contribution in [0.15, 0.2) is 85.1 Å². The molecule has 5 heteroatoms. The molecule has 0 unspecified atom stereocenters. The molecule has 0 aliphatic heterocycles. The van der Waals surface area contributed by atoms with Crippen LogP contribution in [0, 0.1) is 0 Å². The second kappa shape index (κ2) is 40.5. The van der Waals surface area contributed by atoms with Crippen molar-refractivity contribution in [3.05, 3.63) is 85.1 Å². The molecular formula is C45H74O5. The molecule has 0 radical (unpaired) electrons. The average molecular weight is 695 g/mol. The molecule has 0 heterocycles. The van der Waals surface area contributed by atoms with Gasteiger partial charge in [-0.3, -0.25) is 9.59 Å². The normalized spacial score (nSPS) is 13.1. The molecule has 0 saturated carbocycles. The Morgan fingerprint density at radius 1 is 0.480 bits per heavy atom. The van der Waals surface area contributed by atoms with Gasteiger partial charge < -0.3 is 14.6 Å². The Morgan fingerprint density at radius 2 is 0.900 bits per heavy atom. The summed E-state index contributed by atoms with van der Waals surface area (Å²) < 4.78 is 10.5. The van der Waals surface area contributed by atoms with E-state index < -0.39 is 12.1 Å². The van der Waals surface area contributed by atoms with Crippen LogP contribution in [0.25, 0.3) is 0 Å². The van der Waals surface area contributed by atoms with E-state index in [0.717, 1.165) is 57.8 Å². The van der Waals surface area contributed by atoms with Gasteiger partial charge in [-0.1, -0.05) is 163 Å². The molecule has 284 valence electrons. The van der Waals surface area contributed by atoms with Gasteiger partial charge in [0.1, 0.15) is 6.61 Å². The van der Waals surface area contributed by atoms with Gasteiger partial charge in [0.25, 0.3) is 0 Å². The molecule has 0 bridgehead atoms. The summed E-state index contributed by atoms with van der Waals surface area (Å²) in [5, 5.41) is 9.55. The number of unbranched alkanes of at least 4 members (excludes halogenated alkanes) is 13. The maximum atomic E-state index is 12.1. The van der Waals surface area contributed by atoms with Crippen molar-refractivity contribution in [1.29, 1.82) is 0 Å². The number of carbonyl (C=O) groups excluding carboxylic acids is 2. The van der Waals surface area contributed by atoms with E-state index in [2.05, 4.69) is 86.8 Å². The Labute approximate surface area is 307 Å². The van der Waals surface area contributed by atoms with Crippen LogP contribution in [0.3, 0.4) is 0 Å². The molecular weight excluding hydrogens is 620 g/mol. The van der Waals surface area contributed by atoms with Crippen molar-refractivity contribution in [2.24, 2.45) is 0 Å². The molecule has 0 spiro atoms. The number of carbonyl (C=O) groups is 2. The first-order chi connectivity index (χ1) is 24.6. The third-order valence-corrected chi connectivity index (χ3v) is 8.19. The quantitative estimate of drug-likeness (QED) is 0.0406. The summed E-state index contributed by atoms with van der Waals surface area (Å²) in [4.78, 5) is 24.2. The van der Waals surface area contributed by atoms with E-state index in [9.17, 15) is 14.7 Å². The molecule has 0 saturated heterocycles. The van der Waals surface area contributed by atoms with Gasteiger partial charge in [-0.05, 0) is 77.0 Å². The Bertz CT molecular complexity index is 968. The van der Waals surface area contributed by atoms with Gasteiger partial charge in [-0.15, -0.1) is 0 Å². The van der Waals surface area contributed by atoms with E-state index in [1.54, 1.807) is 0 Å². The minimum Gasteiger partial charge on any atom is -0.462 e. The first kappa shape index (κ1) is 47.1. The predicted octanol–water partition coefficient (Wildman–Crippen LogP) is 12.7. The van der Waals surface area contributed by atoms with Crippen LogP contribution < -0.4 is 0 Å². The van der Waals surface area contributed by atoms with Gasteiger partial charge in [-0.25, -0.2) is 0 Å². The van der Waals surface area contributed by atoms with Gasteiger partial charge in [-0.2, -0.15) is 0 Å². The number of rotatable bonds is 35. The lowest BCUT2D eigenvalue weighted by Gasteiger charge is -2.15. The summed E-state index contributed by atoms with van der Waals surface area (Å²) in [6.45, 7) is 3.94. The molecule has 1 N–H and O–H groups in total. The van der Waals surface area contributed by atoms with Crippen LogP contribution in [0.2, 0.25) is 0 Å². The highest BCUT2D eigenvalue weighted by atomic mass is 16.6. The summed E-state index contributed by atoms with van der Waals surface area (Å²) in [6.07, 6.45) is 55.1. The summed E-state index contributed by atoms with van der Waals surface area (Å²) in [5.41, 5.74) is 0. The van der Waals surface area contributed by atoms with Crippen molar-refractivity contribution in [2.75, 3.05) is 13.2 Å². The van der Waals surface area contributed by atoms with Crippen molar-refractivity contribution in [1.82, 2.24) is 0 Å². The highest BCUT2D eigenvalue weighted by Gasteiger charge is 2.15. The lowest BCUT2D eigenvalue weighted by atomic mass is 10.1. The van der Waals surface area contributed by atoms with Crippen LogP contribution in [0.4, 0.5) is 0 Å². The van der Waals surface area contributed by atoms with E-state index in [1.807, 2.05) is 12.2 Å². The number of aliphatic hydroxyl groups is 1. The Balaban J connectivity index is 3.71. The highest BCUT2D eigenvalue weighted by Crippen LogP contribution is 2.12. The highest BCUT2D eigenvalue weighted by molar-refractivity contribution is 5.70. The van der Waals surface area contributed by atoms with Gasteiger partial charge in [0.2, 0.25) is 0 Å². The third kappa shape index (κ3) is 37.9. The number of ether oxygens (including phenoxy) is 2. The van der Waals surface area contributed by atoms with Gasteiger partial charge >= 0.3 is 11.9 Å². The monoisotopic (exact) mass is 695 g/mol. The van der Waals surface area contributed by atoms with Crippen LogP contribution in [-0.4, -0.2) is 36.4 Å². The number of hydrogen-bond acceptors (Lipinski definition) is 5. The number of allylic oxidation sites excluding steroid dienone is 14. The molecule has 0 rings (SSSR count). The smallest absolute Gasteiger partial charge is 0.306 e. The standard InChI is InChI=1S/C45H74O5/c1-3-5-7-9-11-13-15-17-19-21-22-24-26-28-30-32-34-36-38-40-45(48)50-43(41-46)42-49-44(47)39-37-35-33-31-29-27-25-23-20-18-16-14-12-10-8-6-4-2/h5,7,11,13,17-20,22,24,28,30,34,36,43,46H,3-4,6,8-10,12,14-16,21,23,25-27,29,31-33,35,37-42H2,1-2H3/t43-/m0/s1. The maximum absolute atomic E-state index is 12.1. The molecule has 0 aliphatic rings. The molecule has 0 amide bonds. The minimum atomic E-state index is -0.817. The molecule has 0 aromatic heterocycles. The fourth-order valence-corrected chi connectivity index (χ4v) is 5.16. The molecule has 0 aromatic rings. The third-order valence-electron chi connectivity index (χ3n) is 8.19. The molecule has 0 fully saturated rings. The van der Waals surface area contributed by atoms with E-state index >= 15 is 0 Å². The Morgan fingerprint density at radius 3 is 1.38 bits per heavy atom. The fourth-order valence-electron chi connectivity index (χ4n) is 5.16. The second-order valence-corrected chi connectivity index (χ2v) is 13.0. The van der Waals surface area contributed by atoms with Crippen LogP contribution >= 0.6 is 0 Å². The minimum absolute atomic E-state index is 0.103. The summed E-state index contributed by atoms with van der Waals surface area (Å²) >= 11 is 0. The topological polar surface area (TPSA) is 72.8 Å². The maximum Gasteiger partial charge on any atom is 0.306 e. The SMILES string of the molecule is CCC=CCC=CCC=CCC=CCC=CCC=CCCC(=O)O[C@@H](CO)COC(=O)CCCCCCCCCC=CCCCCCCCC. The van der Waals surface area contributed by atoms with Gasteiger partial charge in [0, 0.05) is 12.8 Å². The van der Waals surface area contributed by atoms with Crippen LogP contribution in [0.5, 0.6) is 0 Å². The largest absolute Gasteiger partial charge is 0.462 e. The number of aliphatic hydroxyl groups excluding tert-OH is 1. The zero-order valence-corrected chi connectivity index (χ0v) is 32.1. The molecule has 5 nitrogen and oxygen atoms in total. The van der Waals surface area contributed by atoms with E-state index in [1.165, 1.54) is 77.0 Å². The Kier molecular flexibility index (Phi) is 38.1. The summed E-state index contributed by atoms with van der Waals surface area (Å²) in [6, 6.07) is 0. The van der Waals surface area contributed by atoms with Crippen LogP contribution in [0.1, 0.15) is 168 Å². The number of hydrogen-bond donors (Lipinski definition) is 1. The van der Waals surface area contributed by atoms with E-state index in [0.29, 0.717) is 12.8 Å². The van der Waals surface area contributed by atoms with E-state index in [-0.39, 0.29) is 25.6 Å². The van der Waals surface area contributed by atoms with Gasteiger partial charge in [0.15, 0.2) is 6.10 Å². The average Bonchev–Trinajstić information content (AvgIpc) is 3.12.